The van der Waals surface area contributed by atoms with Gasteiger partial charge in [0.15, 0.2) is 0 Å². The molecule has 6 nitrogen and oxygen atoms in total. The lowest BCUT2D eigenvalue weighted by molar-refractivity contribution is -0.145. The van der Waals surface area contributed by atoms with Gasteiger partial charge in [0.25, 0.3) is 0 Å². The minimum absolute atomic E-state index is 0.173. The third-order valence-electron chi connectivity index (χ3n) is 2.16. The van der Waals surface area contributed by atoms with Crippen LogP contribution >= 0.6 is 0 Å². The molecule has 0 aliphatic carbocycles. The first-order valence-electron chi connectivity index (χ1n) is 5.69. The van der Waals surface area contributed by atoms with E-state index >= 15 is 0 Å². The Labute approximate surface area is 101 Å². The smallest absolute Gasteiger partial charge is 0.310 e. The van der Waals surface area contributed by atoms with Gasteiger partial charge in [0.2, 0.25) is 0 Å². The Hall–Kier alpha value is -1.56. The minimum Gasteiger partial charge on any atom is -0.466 e. The molecule has 1 rings (SSSR count). The molecule has 17 heavy (non-hydrogen) atoms. The van der Waals surface area contributed by atoms with Crippen LogP contribution in [0.2, 0.25) is 0 Å². The molecule has 0 saturated carbocycles. The highest BCUT2D eigenvalue weighted by Crippen LogP contribution is 2.09. The number of nitrogens with zero attached hydrogens (tertiary/aromatic N) is 2. The Morgan fingerprint density at radius 1 is 1.53 bits per heavy atom. The summed E-state index contributed by atoms with van der Waals surface area (Å²) in [6.45, 7) is 4.56. The van der Waals surface area contributed by atoms with E-state index in [1.807, 2.05) is 20.0 Å². The average Bonchev–Trinajstić information content (AvgIpc) is 2.65. The number of aromatic nitrogens is 2. The van der Waals surface area contributed by atoms with Crippen molar-refractivity contribution in [2.75, 3.05) is 18.5 Å². The molecule has 0 aliphatic heterocycles. The fourth-order valence-electron chi connectivity index (χ4n) is 1.40. The van der Waals surface area contributed by atoms with E-state index in [2.05, 4.69) is 10.4 Å². The molecule has 6 heteroatoms. The number of anilines is 1. The molecule has 0 aromatic carbocycles. The maximum Gasteiger partial charge on any atom is 0.310 e. The normalized spacial score (nSPS) is 12.2. The van der Waals surface area contributed by atoms with Crippen LogP contribution in [0, 0.1) is 0 Å². The summed E-state index contributed by atoms with van der Waals surface area (Å²) in [5.41, 5.74) is 0. The molecule has 0 amide bonds. The van der Waals surface area contributed by atoms with E-state index in [1.165, 1.54) is 0 Å². The third kappa shape index (κ3) is 4.44. The minimum atomic E-state index is -0.394. The number of hydrogen-bond donors (Lipinski definition) is 1. The number of carbonyl (C=O) groups excluding carboxylic acids is 1. The van der Waals surface area contributed by atoms with Crippen LogP contribution < -0.4 is 5.32 Å². The molecule has 0 aliphatic rings. The van der Waals surface area contributed by atoms with Crippen molar-refractivity contribution in [1.82, 2.24) is 9.78 Å². The number of nitrogens with one attached hydrogen (secondary N) is 1. The van der Waals surface area contributed by atoms with E-state index in [9.17, 15) is 4.79 Å². The summed E-state index contributed by atoms with van der Waals surface area (Å²) >= 11 is 0. The van der Waals surface area contributed by atoms with Crippen LogP contribution in [-0.2, 0) is 21.3 Å². The van der Waals surface area contributed by atoms with Crippen LogP contribution in [0.5, 0.6) is 0 Å². The van der Waals surface area contributed by atoms with Gasteiger partial charge in [-0.2, -0.15) is 5.10 Å². The number of ether oxygens (including phenoxy) is 2. The summed E-state index contributed by atoms with van der Waals surface area (Å²) in [5.74, 6) is 0.522. The maximum atomic E-state index is 11.4. The van der Waals surface area contributed by atoms with E-state index in [0.717, 1.165) is 5.82 Å². The van der Waals surface area contributed by atoms with Gasteiger partial charge >= 0.3 is 5.97 Å². The van der Waals surface area contributed by atoms with Crippen molar-refractivity contribution in [2.24, 2.45) is 7.05 Å². The molecule has 1 aromatic heterocycles. The zero-order chi connectivity index (χ0) is 12.7. The predicted octanol–water partition coefficient (Wildman–Crippen LogP) is 1.15. The predicted molar refractivity (Wildman–Crippen MR) is 63.5 cm³/mol. The van der Waals surface area contributed by atoms with Gasteiger partial charge in [-0.25, -0.2) is 0 Å². The molecule has 1 aromatic rings. The van der Waals surface area contributed by atoms with Crippen molar-refractivity contribution >= 4 is 11.8 Å². The van der Waals surface area contributed by atoms with E-state index < -0.39 is 6.23 Å². The van der Waals surface area contributed by atoms with Crippen molar-refractivity contribution in [3.63, 3.8) is 0 Å². The topological polar surface area (TPSA) is 65.4 Å². The lowest BCUT2D eigenvalue weighted by atomic mass is 10.3. The van der Waals surface area contributed by atoms with Crippen molar-refractivity contribution in [3.05, 3.63) is 12.3 Å². The average molecular weight is 241 g/mol. The van der Waals surface area contributed by atoms with Gasteiger partial charge in [0.05, 0.1) is 19.2 Å². The maximum absolute atomic E-state index is 11.4. The second kappa shape index (κ2) is 6.90. The largest absolute Gasteiger partial charge is 0.466 e. The van der Waals surface area contributed by atoms with Gasteiger partial charge < -0.3 is 14.8 Å². The first-order valence-corrected chi connectivity index (χ1v) is 5.69. The molecule has 0 bridgehead atoms. The Morgan fingerprint density at radius 3 is 2.82 bits per heavy atom. The van der Waals surface area contributed by atoms with Gasteiger partial charge in [-0.15, -0.1) is 0 Å². The second-order valence-corrected chi connectivity index (χ2v) is 3.44. The summed E-state index contributed by atoms with van der Waals surface area (Å²) < 4.78 is 12.0. The molecule has 1 N–H and O–H groups in total. The fraction of sp³-hybridized carbons (Fsp3) is 0.636. The molecule has 1 atom stereocenters. The summed E-state index contributed by atoms with van der Waals surface area (Å²) in [6, 6.07) is 1.82. The van der Waals surface area contributed by atoms with Crippen LogP contribution in [0.25, 0.3) is 0 Å². The standard InChI is InChI=1S/C11H19N3O3/c1-4-16-10(8-11(15)17-5-2)13-9-6-7-12-14(9)3/h6-7,10,13H,4-5,8H2,1-3H3/t10-/m0/s1. The summed E-state index contributed by atoms with van der Waals surface area (Å²) in [5, 5.41) is 7.12. The van der Waals surface area contributed by atoms with Crippen LogP contribution in [0.4, 0.5) is 5.82 Å². The molecule has 1 heterocycles. The Morgan fingerprint density at radius 2 is 2.29 bits per heavy atom. The van der Waals surface area contributed by atoms with Gasteiger partial charge in [-0.05, 0) is 13.8 Å². The summed E-state index contributed by atoms with van der Waals surface area (Å²) in [7, 11) is 1.82. The van der Waals surface area contributed by atoms with Gasteiger partial charge in [-0.1, -0.05) is 0 Å². The fourth-order valence-corrected chi connectivity index (χ4v) is 1.40. The third-order valence-corrected chi connectivity index (χ3v) is 2.16. The van der Waals surface area contributed by atoms with Crippen LogP contribution in [0.3, 0.4) is 0 Å². The van der Waals surface area contributed by atoms with Crippen molar-refractivity contribution in [2.45, 2.75) is 26.5 Å². The van der Waals surface area contributed by atoms with E-state index in [4.69, 9.17) is 9.47 Å². The number of rotatable bonds is 7. The summed E-state index contributed by atoms with van der Waals surface area (Å²) in [6.07, 6.45) is 1.46. The first-order chi connectivity index (χ1) is 8.17. The van der Waals surface area contributed by atoms with Gasteiger partial charge in [0.1, 0.15) is 12.0 Å². The zero-order valence-corrected chi connectivity index (χ0v) is 10.5. The van der Waals surface area contributed by atoms with Crippen molar-refractivity contribution in [1.29, 1.82) is 0 Å². The van der Waals surface area contributed by atoms with E-state index in [-0.39, 0.29) is 12.4 Å². The highest BCUT2D eigenvalue weighted by Gasteiger charge is 2.15. The second-order valence-electron chi connectivity index (χ2n) is 3.44. The number of hydrogen-bond acceptors (Lipinski definition) is 5. The first kappa shape index (κ1) is 13.5. The van der Waals surface area contributed by atoms with Gasteiger partial charge in [0, 0.05) is 19.7 Å². The van der Waals surface area contributed by atoms with Gasteiger partial charge in [-0.3, -0.25) is 9.48 Å². The molecule has 0 spiro atoms. The molecule has 0 fully saturated rings. The molecular weight excluding hydrogens is 222 g/mol. The monoisotopic (exact) mass is 241 g/mol. The quantitative estimate of drug-likeness (QED) is 0.573. The number of carbonyl (C=O) groups is 1. The van der Waals surface area contributed by atoms with Crippen LogP contribution in [0.1, 0.15) is 20.3 Å². The Kier molecular flexibility index (Phi) is 5.48. The number of esters is 1. The zero-order valence-electron chi connectivity index (χ0n) is 10.5. The lowest BCUT2D eigenvalue weighted by Gasteiger charge is -2.18. The molecular formula is C11H19N3O3. The van der Waals surface area contributed by atoms with E-state index in [1.54, 1.807) is 17.8 Å². The number of aryl methyl sites for hydroxylation is 1. The van der Waals surface area contributed by atoms with E-state index in [0.29, 0.717) is 13.2 Å². The SMILES string of the molecule is CCOC(=O)C[C@@H](Nc1ccnn1C)OCC. The Balaban J connectivity index is 2.54. The molecule has 0 saturated heterocycles. The Bertz CT molecular complexity index is 351. The van der Waals surface area contributed by atoms with Crippen LogP contribution in [-0.4, -0.2) is 35.2 Å². The van der Waals surface area contributed by atoms with Crippen molar-refractivity contribution < 1.29 is 14.3 Å². The van der Waals surface area contributed by atoms with Crippen molar-refractivity contribution in [3.8, 4) is 0 Å². The summed E-state index contributed by atoms with van der Waals surface area (Å²) in [4.78, 5) is 11.4. The molecule has 0 radical (unpaired) electrons. The molecule has 0 unspecified atom stereocenters. The van der Waals surface area contributed by atoms with Crippen LogP contribution in [0.15, 0.2) is 12.3 Å². The lowest BCUT2D eigenvalue weighted by Crippen LogP contribution is -2.28. The highest BCUT2D eigenvalue weighted by atomic mass is 16.5. The molecule has 96 valence electrons. The highest BCUT2D eigenvalue weighted by molar-refractivity contribution is 5.70.